The molecule has 0 amide bonds. The summed E-state index contributed by atoms with van der Waals surface area (Å²) >= 11 is 0. The highest BCUT2D eigenvalue weighted by Crippen LogP contribution is 2.12. The third-order valence-electron chi connectivity index (χ3n) is 3.53. The van der Waals surface area contributed by atoms with E-state index >= 15 is 0 Å². The molecule has 140 valence electrons. The quantitative estimate of drug-likeness (QED) is 0.569. The van der Waals surface area contributed by atoms with Crippen LogP contribution in [0.25, 0.3) is 0 Å². The van der Waals surface area contributed by atoms with Crippen molar-refractivity contribution in [1.29, 1.82) is 0 Å². The molecule has 0 radical (unpaired) electrons. The summed E-state index contributed by atoms with van der Waals surface area (Å²) in [6.07, 6.45) is 2.29. The molecule has 5 heteroatoms. The standard InChI is InChI=1S/C20H30O5/c1-5-7-16-9-11-17(12-10-16)19(21)25-18(8-6-2)14-24-20(22)23-13-15(3)4/h9-12,15,18H,5-8,13-14H2,1-4H3. The van der Waals surface area contributed by atoms with Gasteiger partial charge < -0.3 is 14.2 Å². The van der Waals surface area contributed by atoms with Gasteiger partial charge in [-0.2, -0.15) is 0 Å². The number of benzene rings is 1. The molecule has 0 spiro atoms. The topological polar surface area (TPSA) is 61.8 Å². The largest absolute Gasteiger partial charge is 0.508 e. The first-order valence-electron chi connectivity index (χ1n) is 9.05. The molecule has 5 nitrogen and oxygen atoms in total. The third-order valence-corrected chi connectivity index (χ3v) is 3.53. The molecule has 0 aliphatic carbocycles. The van der Waals surface area contributed by atoms with Crippen molar-refractivity contribution in [1.82, 2.24) is 0 Å². The molecule has 0 saturated carbocycles. The van der Waals surface area contributed by atoms with Gasteiger partial charge in [0.1, 0.15) is 12.7 Å². The predicted molar refractivity (Wildman–Crippen MR) is 96.7 cm³/mol. The number of hydrogen-bond acceptors (Lipinski definition) is 5. The lowest BCUT2D eigenvalue weighted by Crippen LogP contribution is -2.26. The Kier molecular flexibility index (Phi) is 9.66. The van der Waals surface area contributed by atoms with Crippen LogP contribution in [0.15, 0.2) is 24.3 Å². The number of carbonyl (C=O) groups excluding carboxylic acids is 2. The summed E-state index contributed by atoms with van der Waals surface area (Å²) in [5.41, 5.74) is 1.70. The first-order chi connectivity index (χ1) is 12.0. The van der Waals surface area contributed by atoms with Gasteiger partial charge in [0.15, 0.2) is 0 Å². The second-order valence-electron chi connectivity index (χ2n) is 6.53. The van der Waals surface area contributed by atoms with E-state index in [0.717, 1.165) is 19.3 Å². The Morgan fingerprint density at radius 2 is 1.60 bits per heavy atom. The normalized spacial score (nSPS) is 11.9. The van der Waals surface area contributed by atoms with E-state index in [4.69, 9.17) is 14.2 Å². The van der Waals surface area contributed by atoms with Gasteiger partial charge >= 0.3 is 12.1 Å². The molecule has 1 unspecified atom stereocenters. The molecule has 1 rings (SSSR count). The predicted octanol–water partition coefficient (Wildman–Crippen LogP) is 4.77. The van der Waals surface area contributed by atoms with E-state index < -0.39 is 18.2 Å². The molecule has 1 aromatic rings. The van der Waals surface area contributed by atoms with Crippen molar-refractivity contribution in [2.45, 2.75) is 59.5 Å². The minimum absolute atomic E-state index is 0.00439. The smallest absolute Gasteiger partial charge is 0.455 e. The zero-order chi connectivity index (χ0) is 18.7. The molecule has 0 saturated heterocycles. The molecular formula is C20H30O5. The number of carbonyl (C=O) groups is 2. The molecular weight excluding hydrogens is 320 g/mol. The summed E-state index contributed by atoms with van der Waals surface area (Å²) in [6, 6.07) is 7.42. The third kappa shape index (κ3) is 8.57. The second-order valence-corrected chi connectivity index (χ2v) is 6.53. The average molecular weight is 350 g/mol. The zero-order valence-electron chi connectivity index (χ0n) is 15.7. The fourth-order valence-electron chi connectivity index (χ4n) is 2.25. The van der Waals surface area contributed by atoms with Crippen LogP contribution >= 0.6 is 0 Å². The lowest BCUT2D eigenvalue weighted by atomic mass is 10.1. The molecule has 0 aliphatic heterocycles. The van der Waals surface area contributed by atoms with Crippen molar-refractivity contribution >= 4 is 12.1 Å². The molecule has 1 atom stereocenters. The zero-order valence-corrected chi connectivity index (χ0v) is 15.7. The van der Waals surface area contributed by atoms with E-state index in [9.17, 15) is 9.59 Å². The van der Waals surface area contributed by atoms with Crippen LogP contribution in [0, 0.1) is 5.92 Å². The van der Waals surface area contributed by atoms with Crippen LogP contribution in [0.2, 0.25) is 0 Å². The van der Waals surface area contributed by atoms with Gasteiger partial charge in [0, 0.05) is 0 Å². The number of ether oxygens (including phenoxy) is 3. The maximum Gasteiger partial charge on any atom is 0.508 e. The monoisotopic (exact) mass is 350 g/mol. The Morgan fingerprint density at radius 3 is 2.16 bits per heavy atom. The van der Waals surface area contributed by atoms with Gasteiger partial charge in [0.05, 0.1) is 12.2 Å². The SMILES string of the molecule is CCCc1ccc(C(=O)OC(CCC)COC(=O)OCC(C)C)cc1. The minimum Gasteiger partial charge on any atom is -0.455 e. The van der Waals surface area contributed by atoms with Crippen LogP contribution in [0.3, 0.4) is 0 Å². The molecule has 0 bridgehead atoms. The second kappa shape index (κ2) is 11.5. The van der Waals surface area contributed by atoms with E-state index in [-0.39, 0.29) is 12.5 Å². The fraction of sp³-hybridized carbons (Fsp3) is 0.600. The maximum absolute atomic E-state index is 12.3. The van der Waals surface area contributed by atoms with Gasteiger partial charge in [0.25, 0.3) is 0 Å². The summed E-state index contributed by atoms with van der Waals surface area (Å²) in [7, 11) is 0. The Bertz CT molecular complexity index is 521. The molecule has 25 heavy (non-hydrogen) atoms. The average Bonchev–Trinajstić information content (AvgIpc) is 2.59. The number of aryl methyl sites for hydroxylation is 1. The van der Waals surface area contributed by atoms with Gasteiger partial charge in [-0.3, -0.25) is 0 Å². The number of hydrogen-bond donors (Lipinski definition) is 0. The van der Waals surface area contributed by atoms with Gasteiger partial charge in [0.2, 0.25) is 0 Å². The van der Waals surface area contributed by atoms with Crippen molar-refractivity contribution in [3.05, 3.63) is 35.4 Å². The van der Waals surface area contributed by atoms with E-state index in [1.165, 1.54) is 5.56 Å². The van der Waals surface area contributed by atoms with Crippen molar-refractivity contribution < 1.29 is 23.8 Å². The Labute approximate surface area is 150 Å². The van der Waals surface area contributed by atoms with E-state index in [2.05, 4.69) is 6.92 Å². The van der Waals surface area contributed by atoms with E-state index in [1.807, 2.05) is 32.9 Å². The lowest BCUT2D eigenvalue weighted by molar-refractivity contribution is -0.0109. The van der Waals surface area contributed by atoms with Gasteiger partial charge in [-0.1, -0.05) is 52.7 Å². The van der Waals surface area contributed by atoms with Gasteiger partial charge in [-0.05, 0) is 36.5 Å². The molecule has 0 heterocycles. The van der Waals surface area contributed by atoms with Crippen LogP contribution in [-0.2, 0) is 20.6 Å². The number of rotatable bonds is 10. The molecule has 1 aromatic carbocycles. The van der Waals surface area contributed by atoms with Gasteiger partial charge in [-0.25, -0.2) is 9.59 Å². The van der Waals surface area contributed by atoms with Crippen molar-refractivity contribution in [2.75, 3.05) is 13.2 Å². The van der Waals surface area contributed by atoms with Crippen molar-refractivity contribution in [3.8, 4) is 0 Å². The summed E-state index contributed by atoms with van der Waals surface area (Å²) in [5, 5.41) is 0. The van der Waals surface area contributed by atoms with Gasteiger partial charge in [-0.15, -0.1) is 0 Å². The highest BCUT2D eigenvalue weighted by atomic mass is 16.7. The van der Waals surface area contributed by atoms with Crippen LogP contribution in [-0.4, -0.2) is 31.4 Å². The molecule has 0 N–H and O–H groups in total. The highest BCUT2D eigenvalue weighted by molar-refractivity contribution is 5.89. The molecule has 0 aliphatic rings. The summed E-state index contributed by atoms with van der Waals surface area (Å²) in [4.78, 5) is 23.8. The minimum atomic E-state index is -0.727. The first-order valence-corrected chi connectivity index (χ1v) is 9.05. The Balaban J connectivity index is 2.52. The summed E-state index contributed by atoms with van der Waals surface area (Å²) < 4.78 is 15.5. The van der Waals surface area contributed by atoms with Crippen LogP contribution in [0.4, 0.5) is 4.79 Å². The van der Waals surface area contributed by atoms with Crippen LogP contribution in [0.5, 0.6) is 0 Å². The first kappa shape index (κ1) is 21.0. The van der Waals surface area contributed by atoms with Crippen molar-refractivity contribution in [3.63, 3.8) is 0 Å². The Hall–Kier alpha value is -2.04. The number of esters is 1. The summed E-state index contributed by atoms with van der Waals surface area (Å²) in [5.74, 6) is -0.159. The lowest BCUT2D eigenvalue weighted by Gasteiger charge is -2.17. The fourth-order valence-corrected chi connectivity index (χ4v) is 2.25. The van der Waals surface area contributed by atoms with Crippen LogP contribution < -0.4 is 0 Å². The molecule has 0 aromatic heterocycles. The highest BCUT2D eigenvalue weighted by Gasteiger charge is 2.18. The van der Waals surface area contributed by atoms with E-state index in [0.29, 0.717) is 18.6 Å². The maximum atomic E-state index is 12.3. The van der Waals surface area contributed by atoms with E-state index in [1.54, 1.807) is 12.1 Å². The Morgan fingerprint density at radius 1 is 0.960 bits per heavy atom. The van der Waals surface area contributed by atoms with Crippen LogP contribution in [0.1, 0.15) is 62.9 Å². The molecule has 0 fully saturated rings. The summed E-state index contributed by atoms with van der Waals surface area (Å²) in [6.45, 7) is 8.30. The van der Waals surface area contributed by atoms with Crippen molar-refractivity contribution in [2.24, 2.45) is 5.92 Å².